The molecule has 0 bridgehead atoms. The maximum Gasteiger partial charge on any atom is 0.263 e. The first-order valence-electron chi connectivity index (χ1n) is 6.43. The van der Waals surface area contributed by atoms with E-state index in [1.165, 1.54) is 28.0 Å². The smallest absolute Gasteiger partial charge is 0.240 e. The molecular formula is C16H17N2S+. The Morgan fingerprint density at radius 3 is 2.58 bits per heavy atom. The second kappa shape index (κ2) is 5.49. The van der Waals surface area contributed by atoms with E-state index in [4.69, 9.17) is 0 Å². The first kappa shape index (κ1) is 12.3. The van der Waals surface area contributed by atoms with Crippen molar-refractivity contribution in [2.45, 2.75) is 18.4 Å². The lowest BCUT2D eigenvalue weighted by Gasteiger charge is -1.99. The number of thioether (sulfide) groups is 1. The number of fused-ring (bicyclic) bond motifs is 1. The van der Waals surface area contributed by atoms with E-state index in [0.717, 1.165) is 11.5 Å². The van der Waals surface area contributed by atoms with Crippen molar-refractivity contribution in [3.63, 3.8) is 0 Å². The molecule has 0 fully saturated rings. The molecule has 0 aliphatic carbocycles. The maximum absolute atomic E-state index is 3.41. The molecule has 2 aromatic carbocycles. The van der Waals surface area contributed by atoms with Crippen LogP contribution in [0.3, 0.4) is 0 Å². The Morgan fingerprint density at radius 2 is 1.79 bits per heavy atom. The van der Waals surface area contributed by atoms with E-state index in [0.29, 0.717) is 0 Å². The van der Waals surface area contributed by atoms with E-state index in [9.17, 15) is 0 Å². The Morgan fingerprint density at radius 1 is 1.00 bits per heavy atom. The van der Waals surface area contributed by atoms with Crippen molar-refractivity contribution >= 4 is 22.8 Å². The lowest BCUT2D eigenvalue weighted by molar-refractivity contribution is -0.355. The standard InChI is InChI=1S/C16H16N2S/c1-12-6-8-13(9-7-12)10-19-11-16-17-14-4-2-3-5-15(14)18-16/h2-9H,10-11H2,1H3,(H,17,18)/p+1. The number of para-hydroxylation sites is 2. The second-order valence-electron chi connectivity index (χ2n) is 4.75. The zero-order valence-corrected chi connectivity index (χ0v) is 11.8. The minimum absolute atomic E-state index is 0.975. The minimum atomic E-state index is 0.975. The van der Waals surface area contributed by atoms with Crippen LogP contribution in [-0.4, -0.2) is 4.98 Å². The third-order valence-electron chi connectivity index (χ3n) is 3.13. The van der Waals surface area contributed by atoms with Crippen molar-refractivity contribution in [3.05, 3.63) is 65.5 Å². The first-order chi connectivity index (χ1) is 9.31. The van der Waals surface area contributed by atoms with Crippen molar-refractivity contribution in [3.8, 4) is 0 Å². The third-order valence-corrected chi connectivity index (χ3v) is 4.16. The van der Waals surface area contributed by atoms with Gasteiger partial charge in [-0.3, -0.25) is 0 Å². The summed E-state index contributed by atoms with van der Waals surface area (Å²) >= 11 is 1.92. The van der Waals surface area contributed by atoms with Crippen LogP contribution in [0, 0.1) is 6.92 Å². The number of benzene rings is 2. The predicted molar refractivity (Wildman–Crippen MR) is 81.0 cm³/mol. The Labute approximate surface area is 117 Å². The Bertz CT molecular complexity index is 638. The zero-order chi connectivity index (χ0) is 13.1. The lowest BCUT2D eigenvalue weighted by atomic mass is 10.2. The molecule has 2 N–H and O–H groups in total. The van der Waals surface area contributed by atoms with Gasteiger partial charge in [0.05, 0.1) is 5.75 Å². The number of rotatable bonds is 4. The van der Waals surface area contributed by atoms with Gasteiger partial charge in [0.2, 0.25) is 0 Å². The number of hydrogen-bond acceptors (Lipinski definition) is 1. The van der Waals surface area contributed by atoms with Gasteiger partial charge in [-0.25, -0.2) is 9.97 Å². The summed E-state index contributed by atoms with van der Waals surface area (Å²) in [4.78, 5) is 6.83. The molecule has 3 aromatic rings. The van der Waals surface area contributed by atoms with Gasteiger partial charge in [-0.05, 0) is 24.6 Å². The Balaban J connectivity index is 1.61. The fraction of sp³-hybridized carbons (Fsp3) is 0.188. The molecule has 1 heterocycles. The SMILES string of the molecule is Cc1ccc(CSCc2[nH]c3ccccc3[nH+]2)cc1. The van der Waals surface area contributed by atoms with Gasteiger partial charge in [0.15, 0.2) is 11.0 Å². The van der Waals surface area contributed by atoms with Gasteiger partial charge in [0, 0.05) is 5.75 Å². The topological polar surface area (TPSA) is 29.9 Å². The molecule has 1 aromatic heterocycles. The monoisotopic (exact) mass is 269 g/mol. The quantitative estimate of drug-likeness (QED) is 0.768. The van der Waals surface area contributed by atoms with Crippen molar-refractivity contribution in [1.29, 1.82) is 0 Å². The summed E-state index contributed by atoms with van der Waals surface area (Å²) in [5, 5.41) is 0. The molecule has 0 atom stereocenters. The number of hydrogen-bond donors (Lipinski definition) is 1. The molecule has 0 amide bonds. The molecule has 0 radical (unpaired) electrons. The van der Waals surface area contributed by atoms with E-state index in [-0.39, 0.29) is 0 Å². The minimum Gasteiger partial charge on any atom is -0.240 e. The van der Waals surface area contributed by atoms with Crippen LogP contribution in [0.2, 0.25) is 0 Å². The largest absolute Gasteiger partial charge is 0.263 e. The molecular weight excluding hydrogens is 252 g/mol. The summed E-state index contributed by atoms with van der Waals surface area (Å²) in [7, 11) is 0. The highest BCUT2D eigenvalue weighted by Crippen LogP contribution is 2.17. The molecule has 0 saturated carbocycles. The predicted octanol–water partition coefficient (Wildman–Crippen LogP) is 3.72. The molecule has 0 unspecified atom stereocenters. The van der Waals surface area contributed by atoms with E-state index < -0.39 is 0 Å². The van der Waals surface area contributed by atoms with Gasteiger partial charge in [-0.2, -0.15) is 0 Å². The third kappa shape index (κ3) is 2.99. The second-order valence-corrected chi connectivity index (χ2v) is 5.74. The Kier molecular flexibility index (Phi) is 3.56. The highest BCUT2D eigenvalue weighted by atomic mass is 32.2. The number of aromatic amines is 2. The summed E-state index contributed by atoms with van der Waals surface area (Å²) in [6, 6.07) is 17.1. The fourth-order valence-corrected chi connectivity index (χ4v) is 2.96. The van der Waals surface area contributed by atoms with Crippen molar-refractivity contribution in [1.82, 2.24) is 4.98 Å². The number of nitrogens with one attached hydrogen (secondary N) is 2. The molecule has 0 aliphatic heterocycles. The molecule has 19 heavy (non-hydrogen) atoms. The normalized spacial score (nSPS) is 11.0. The van der Waals surface area contributed by atoms with Crippen LogP contribution < -0.4 is 4.98 Å². The molecule has 96 valence electrons. The van der Waals surface area contributed by atoms with Crippen LogP contribution in [0.4, 0.5) is 0 Å². The van der Waals surface area contributed by atoms with Crippen molar-refractivity contribution in [2.75, 3.05) is 0 Å². The molecule has 3 heteroatoms. The van der Waals surface area contributed by atoms with E-state index >= 15 is 0 Å². The van der Waals surface area contributed by atoms with Crippen molar-refractivity contribution in [2.24, 2.45) is 0 Å². The van der Waals surface area contributed by atoms with Gasteiger partial charge in [-0.1, -0.05) is 42.0 Å². The van der Waals surface area contributed by atoms with Crippen LogP contribution in [0.1, 0.15) is 17.0 Å². The lowest BCUT2D eigenvalue weighted by Crippen LogP contribution is -2.05. The summed E-state index contributed by atoms with van der Waals surface area (Å²) in [6.07, 6.45) is 0. The van der Waals surface area contributed by atoms with Crippen LogP contribution in [0.5, 0.6) is 0 Å². The van der Waals surface area contributed by atoms with Gasteiger partial charge in [0.25, 0.3) is 5.82 Å². The van der Waals surface area contributed by atoms with Crippen LogP contribution in [0.25, 0.3) is 11.0 Å². The summed E-state index contributed by atoms with van der Waals surface area (Å²) < 4.78 is 0. The summed E-state index contributed by atoms with van der Waals surface area (Å²) in [5.74, 6) is 3.20. The molecule has 0 saturated heterocycles. The molecule has 0 aliphatic rings. The average Bonchev–Trinajstić information content (AvgIpc) is 2.83. The van der Waals surface area contributed by atoms with Crippen LogP contribution >= 0.6 is 11.8 Å². The zero-order valence-electron chi connectivity index (χ0n) is 10.9. The Hall–Kier alpha value is -1.74. The maximum atomic E-state index is 3.41. The van der Waals surface area contributed by atoms with Crippen LogP contribution in [-0.2, 0) is 11.5 Å². The van der Waals surface area contributed by atoms with Gasteiger partial charge in [-0.15, -0.1) is 11.8 Å². The number of imidazole rings is 1. The highest BCUT2D eigenvalue weighted by molar-refractivity contribution is 7.97. The summed E-state index contributed by atoms with van der Waals surface area (Å²) in [6.45, 7) is 2.12. The molecule has 3 rings (SSSR count). The van der Waals surface area contributed by atoms with Gasteiger partial charge in [0.1, 0.15) is 0 Å². The number of H-pyrrole nitrogens is 2. The number of aromatic nitrogens is 2. The van der Waals surface area contributed by atoms with E-state index in [1.807, 2.05) is 11.8 Å². The fourth-order valence-electron chi connectivity index (χ4n) is 2.08. The highest BCUT2D eigenvalue weighted by Gasteiger charge is 2.08. The van der Waals surface area contributed by atoms with E-state index in [1.54, 1.807) is 0 Å². The van der Waals surface area contributed by atoms with Crippen LogP contribution in [0.15, 0.2) is 48.5 Å². The molecule has 2 nitrogen and oxygen atoms in total. The number of aryl methyl sites for hydroxylation is 1. The van der Waals surface area contributed by atoms with E-state index in [2.05, 4.69) is 65.4 Å². The molecule has 0 spiro atoms. The average molecular weight is 269 g/mol. The first-order valence-corrected chi connectivity index (χ1v) is 7.59. The summed E-state index contributed by atoms with van der Waals surface area (Å²) in [5.41, 5.74) is 5.05. The van der Waals surface area contributed by atoms with Crippen molar-refractivity contribution < 1.29 is 4.98 Å². The van der Waals surface area contributed by atoms with Gasteiger partial charge < -0.3 is 0 Å². The van der Waals surface area contributed by atoms with Gasteiger partial charge >= 0.3 is 0 Å².